The zero-order valence-corrected chi connectivity index (χ0v) is 15.1. The van der Waals surface area contributed by atoms with Gasteiger partial charge in [-0.05, 0) is 18.2 Å². The van der Waals surface area contributed by atoms with Crippen molar-refractivity contribution in [2.24, 2.45) is 0 Å². The lowest BCUT2D eigenvalue weighted by molar-refractivity contribution is 0.262. The number of amides is 2. The molecule has 4 rings (SSSR count). The number of carbonyl (C=O) groups excluding carboxylic acids is 1. The maximum Gasteiger partial charge on any atom is 0.324 e. The highest BCUT2D eigenvalue weighted by molar-refractivity contribution is 6.03. The molecule has 0 fully saturated rings. The second-order valence-corrected chi connectivity index (χ2v) is 5.96. The van der Waals surface area contributed by atoms with Gasteiger partial charge in [0, 0.05) is 23.5 Å². The van der Waals surface area contributed by atoms with Gasteiger partial charge < -0.3 is 10.1 Å². The highest BCUT2D eigenvalue weighted by Gasteiger charge is 2.11. The highest BCUT2D eigenvalue weighted by atomic mass is 16.5. The molecule has 0 aliphatic carbocycles. The SMILES string of the molecule is COc1cccc(NC(=O)Nc2nccc3nc(-c4ccccc4)cnc23)c1. The van der Waals surface area contributed by atoms with Crippen molar-refractivity contribution >= 4 is 28.6 Å². The number of hydrogen-bond donors (Lipinski definition) is 2. The van der Waals surface area contributed by atoms with E-state index in [0.29, 0.717) is 28.3 Å². The Morgan fingerprint density at radius 2 is 1.82 bits per heavy atom. The second-order valence-electron chi connectivity index (χ2n) is 5.96. The zero-order chi connectivity index (χ0) is 19.3. The first kappa shape index (κ1) is 17.4. The van der Waals surface area contributed by atoms with Gasteiger partial charge in [-0.2, -0.15) is 0 Å². The van der Waals surface area contributed by atoms with E-state index in [1.165, 1.54) is 0 Å². The van der Waals surface area contributed by atoms with E-state index >= 15 is 0 Å². The molecule has 0 saturated carbocycles. The van der Waals surface area contributed by atoms with Gasteiger partial charge in [-0.25, -0.2) is 19.7 Å². The summed E-state index contributed by atoms with van der Waals surface area (Å²) in [5.41, 5.74) is 3.50. The largest absolute Gasteiger partial charge is 0.497 e. The first-order chi connectivity index (χ1) is 13.7. The first-order valence-corrected chi connectivity index (χ1v) is 8.62. The van der Waals surface area contributed by atoms with Crippen LogP contribution in [0.2, 0.25) is 0 Å². The van der Waals surface area contributed by atoms with E-state index in [9.17, 15) is 4.79 Å². The van der Waals surface area contributed by atoms with E-state index in [4.69, 9.17) is 4.74 Å². The monoisotopic (exact) mass is 371 g/mol. The molecule has 2 amide bonds. The van der Waals surface area contributed by atoms with Gasteiger partial charge in [0.05, 0.1) is 24.5 Å². The van der Waals surface area contributed by atoms with Gasteiger partial charge in [-0.1, -0.05) is 36.4 Å². The van der Waals surface area contributed by atoms with E-state index in [2.05, 4.69) is 25.6 Å². The molecule has 138 valence electrons. The van der Waals surface area contributed by atoms with Crippen molar-refractivity contribution in [3.8, 4) is 17.0 Å². The number of rotatable bonds is 4. The summed E-state index contributed by atoms with van der Waals surface area (Å²) in [5, 5.41) is 5.47. The molecular weight excluding hydrogens is 354 g/mol. The third-order valence-electron chi connectivity index (χ3n) is 4.09. The molecule has 4 aromatic rings. The van der Waals surface area contributed by atoms with Gasteiger partial charge in [0.2, 0.25) is 0 Å². The van der Waals surface area contributed by atoms with Crippen LogP contribution in [0.3, 0.4) is 0 Å². The van der Waals surface area contributed by atoms with Crippen LogP contribution in [0.15, 0.2) is 73.1 Å². The summed E-state index contributed by atoms with van der Waals surface area (Å²) < 4.78 is 5.16. The molecule has 28 heavy (non-hydrogen) atoms. The van der Waals surface area contributed by atoms with Gasteiger partial charge in [0.15, 0.2) is 5.82 Å². The Morgan fingerprint density at radius 3 is 2.64 bits per heavy atom. The number of nitrogens with one attached hydrogen (secondary N) is 2. The molecular formula is C21H17N5O2. The van der Waals surface area contributed by atoms with E-state index in [1.807, 2.05) is 30.3 Å². The van der Waals surface area contributed by atoms with Crippen molar-refractivity contribution < 1.29 is 9.53 Å². The van der Waals surface area contributed by atoms with Crippen LogP contribution in [0, 0.1) is 0 Å². The summed E-state index contributed by atoms with van der Waals surface area (Å²) >= 11 is 0. The Bertz CT molecular complexity index is 1130. The number of ether oxygens (including phenoxy) is 1. The number of urea groups is 1. The summed E-state index contributed by atoms with van der Waals surface area (Å²) in [5.74, 6) is 0.991. The molecule has 2 aromatic heterocycles. The Labute approximate surface area is 161 Å². The molecule has 7 nitrogen and oxygen atoms in total. The Balaban J connectivity index is 1.57. The number of fused-ring (bicyclic) bond motifs is 1. The lowest BCUT2D eigenvalue weighted by Gasteiger charge is -2.10. The van der Waals surface area contributed by atoms with Crippen molar-refractivity contribution in [2.75, 3.05) is 17.7 Å². The van der Waals surface area contributed by atoms with E-state index in [-0.39, 0.29) is 0 Å². The van der Waals surface area contributed by atoms with Gasteiger partial charge in [-0.3, -0.25) is 5.32 Å². The maximum absolute atomic E-state index is 12.4. The lowest BCUT2D eigenvalue weighted by atomic mass is 10.1. The number of aromatic nitrogens is 3. The quantitative estimate of drug-likeness (QED) is 0.557. The van der Waals surface area contributed by atoms with E-state index in [1.54, 1.807) is 49.8 Å². The van der Waals surface area contributed by atoms with E-state index < -0.39 is 6.03 Å². The zero-order valence-electron chi connectivity index (χ0n) is 15.1. The van der Waals surface area contributed by atoms with Crippen LogP contribution in [0.4, 0.5) is 16.3 Å². The molecule has 0 radical (unpaired) electrons. The first-order valence-electron chi connectivity index (χ1n) is 8.62. The predicted molar refractivity (Wildman–Crippen MR) is 108 cm³/mol. The van der Waals surface area contributed by atoms with Crippen molar-refractivity contribution in [1.29, 1.82) is 0 Å². The van der Waals surface area contributed by atoms with Gasteiger partial charge in [0.1, 0.15) is 11.3 Å². The normalized spacial score (nSPS) is 10.5. The topological polar surface area (TPSA) is 89.0 Å². The maximum atomic E-state index is 12.4. The predicted octanol–water partition coefficient (Wildman–Crippen LogP) is 4.34. The van der Waals surface area contributed by atoms with Crippen LogP contribution < -0.4 is 15.4 Å². The number of carbonyl (C=O) groups is 1. The van der Waals surface area contributed by atoms with Crippen LogP contribution in [0.5, 0.6) is 5.75 Å². The molecule has 0 spiro atoms. The average molecular weight is 371 g/mol. The van der Waals surface area contributed by atoms with Crippen molar-refractivity contribution in [2.45, 2.75) is 0 Å². The fraction of sp³-hybridized carbons (Fsp3) is 0.0476. The number of benzene rings is 2. The number of methoxy groups -OCH3 is 1. The fourth-order valence-electron chi connectivity index (χ4n) is 2.76. The molecule has 0 aliphatic heterocycles. The Hall–Kier alpha value is -4.00. The summed E-state index contributed by atoms with van der Waals surface area (Å²) in [6, 6.07) is 18.2. The Morgan fingerprint density at radius 1 is 0.964 bits per heavy atom. The highest BCUT2D eigenvalue weighted by Crippen LogP contribution is 2.22. The molecule has 2 N–H and O–H groups in total. The lowest BCUT2D eigenvalue weighted by Crippen LogP contribution is -2.20. The number of pyridine rings is 1. The molecule has 2 heterocycles. The summed E-state index contributed by atoms with van der Waals surface area (Å²) in [4.78, 5) is 25.7. The minimum absolute atomic E-state index is 0.338. The van der Waals surface area contributed by atoms with Crippen molar-refractivity contribution in [1.82, 2.24) is 15.0 Å². The van der Waals surface area contributed by atoms with Crippen LogP contribution in [-0.4, -0.2) is 28.1 Å². The van der Waals surface area contributed by atoms with Crippen LogP contribution in [-0.2, 0) is 0 Å². The standard InChI is InChI=1S/C21H17N5O2/c1-28-16-9-5-8-15(12-16)24-21(27)26-20-19-17(10-11-22-20)25-18(13-23-19)14-6-3-2-4-7-14/h2-13H,1H3,(H2,22,24,26,27). The molecule has 0 unspecified atom stereocenters. The molecule has 0 aliphatic rings. The summed E-state index contributed by atoms with van der Waals surface area (Å²) in [7, 11) is 1.57. The number of nitrogens with zero attached hydrogens (tertiary/aromatic N) is 3. The Kier molecular flexibility index (Phi) is 4.79. The van der Waals surface area contributed by atoms with Gasteiger partial charge >= 0.3 is 6.03 Å². The summed E-state index contributed by atoms with van der Waals surface area (Å²) in [6.07, 6.45) is 3.26. The molecule has 2 aromatic carbocycles. The third-order valence-corrected chi connectivity index (χ3v) is 4.09. The van der Waals surface area contributed by atoms with Gasteiger partial charge in [0.25, 0.3) is 0 Å². The molecule has 0 bridgehead atoms. The fourth-order valence-corrected chi connectivity index (χ4v) is 2.76. The third kappa shape index (κ3) is 3.73. The second kappa shape index (κ2) is 7.71. The van der Waals surface area contributed by atoms with Gasteiger partial charge in [-0.15, -0.1) is 0 Å². The van der Waals surface area contributed by atoms with Crippen molar-refractivity contribution in [3.63, 3.8) is 0 Å². The minimum atomic E-state index is -0.429. The van der Waals surface area contributed by atoms with E-state index in [0.717, 1.165) is 11.3 Å². The number of hydrogen-bond acceptors (Lipinski definition) is 5. The smallest absolute Gasteiger partial charge is 0.324 e. The van der Waals surface area contributed by atoms with Crippen LogP contribution in [0.1, 0.15) is 0 Å². The molecule has 0 saturated heterocycles. The van der Waals surface area contributed by atoms with Crippen molar-refractivity contribution in [3.05, 3.63) is 73.1 Å². The number of anilines is 2. The minimum Gasteiger partial charge on any atom is -0.497 e. The van der Waals surface area contributed by atoms with Crippen LogP contribution >= 0.6 is 0 Å². The molecule has 7 heteroatoms. The average Bonchev–Trinajstić information content (AvgIpc) is 2.74. The molecule has 0 atom stereocenters. The summed E-state index contributed by atoms with van der Waals surface area (Å²) in [6.45, 7) is 0. The van der Waals surface area contributed by atoms with Crippen LogP contribution in [0.25, 0.3) is 22.3 Å².